The van der Waals surface area contributed by atoms with Crippen molar-refractivity contribution in [3.63, 3.8) is 0 Å². The number of nitrogens with one attached hydrogen (secondary N) is 1. The van der Waals surface area contributed by atoms with Gasteiger partial charge in [0, 0.05) is 18.6 Å². The van der Waals surface area contributed by atoms with Crippen molar-refractivity contribution in [2.24, 2.45) is 0 Å². The van der Waals surface area contributed by atoms with E-state index in [2.05, 4.69) is 28.3 Å². The van der Waals surface area contributed by atoms with Gasteiger partial charge < -0.3 is 5.32 Å². The van der Waals surface area contributed by atoms with Crippen molar-refractivity contribution in [2.75, 3.05) is 6.54 Å². The Morgan fingerprint density at radius 2 is 2.17 bits per heavy atom. The van der Waals surface area contributed by atoms with Crippen molar-refractivity contribution in [2.45, 2.75) is 19.4 Å². The fraction of sp³-hybridized carbons (Fsp3) is 0.286. The van der Waals surface area contributed by atoms with E-state index < -0.39 is 0 Å². The highest BCUT2D eigenvalue weighted by molar-refractivity contribution is 6.30. The number of pyridine rings is 2. The largest absolute Gasteiger partial charge is 0.309 e. The van der Waals surface area contributed by atoms with Crippen LogP contribution in [0.4, 0.5) is 0 Å². The third kappa shape index (κ3) is 3.52. The lowest BCUT2D eigenvalue weighted by Crippen LogP contribution is -2.23. The summed E-state index contributed by atoms with van der Waals surface area (Å²) in [6, 6.07) is 8.06. The average molecular weight is 262 g/mol. The highest BCUT2D eigenvalue weighted by atomic mass is 35.5. The molecule has 0 aliphatic carbocycles. The van der Waals surface area contributed by atoms with Gasteiger partial charge in [0.25, 0.3) is 0 Å². The van der Waals surface area contributed by atoms with Crippen LogP contribution in [-0.2, 0) is 6.42 Å². The molecule has 18 heavy (non-hydrogen) atoms. The number of hydrogen-bond acceptors (Lipinski definition) is 3. The fourth-order valence-corrected chi connectivity index (χ4v) is 1.99. The first-order chi connectivity index (χ1) is 8.79. The Morgan fingerprint density at radius 3 is 2.78 bits per heavy atom. The van der Waals surface area contributed by atoms with Crippen LogP contribution in [0.25, 0.3) is 0 Å². The topological polar surface area (TPSA) is 37.8 Å². The van der Waals surface area contributed by atoms with E-state index in [1.807, 2.05) is 24.4 Å². The van der Waals surface area contributed by atoms with Gasteiger partial charge in [0.05, 0.1) is 16.8 Å². The second kappa shape index (κ2) is 6.47. The van der Waals surface area contributed by atoms with E-state index in [1.54, 1.807) is 12.4 Å². The number of nitrogens with zero attached hydrogens (tertiary/aromatic N) is 2. The van der Waals surface area contributed by atoms with Gasteiger partial charge in [0.15, 0.2) is 0 Å². The predicted octanol–water partition coefficient (Wildman–Crippen LogP) is 3.02. The zero-order valence-electron chi connectivity index (χ0n) is 10.3. The number of aromatic nitrogens is 2. The molecule has 0 aromatic carbocycles. The standard InChI is InChI=1S/C14H16ClN3/c1-2-17-14(8-11-4-3-7-16-9-11)13-6-5-12(15)10-18-13/h3-7,9-10,14,17H,2,8H2,1H3. The van der Waals surface area contributed by atoms with E-state index in [1.165, 1.54) is 5.56 Å². The molecule has 1 unspecified atom stereocenters. The maximum Gasteiger partial charge on any atom is 0.0589 e. The molecule has 0 radical (unpaired) electrons. The molecule has 3 nitrogen and oxygen atoms in total. The molecule has 1 atom stereocenters. The van der Waals surface area contributed by atoms with Gasteiger partial charge >= 0.3 is 0 Å². The van der Waals surface area contributed by atoms with E-state index in [9.17, 15) is 0 Å². The minimum absolute atomic E-state index is 0.191. The van der Waals surface area contributed by atoms with Crippen LogP contribution in [0.3, 0.4) is 0 Å². The molecule has 0 bridgehead atoms. The predicted molar refractivity (Wildman–Crippen MR) is 73.6 cm³/mol. The molecule has 0 fully saturated rings. The van der Waals surface area contributed by atoms with Crippen molar-refractivity contribution in [3.05, 3.63) is 59.1 Å². The molecule has 94 valence electrons. The van der Waals surface area contributed by atoms with Gasteiger partial charge in [-0.05, 0) is 36.7 Å². The zero-order valence-corrected chi connectivity index (χ0v) is 11.1. The summed E-state index contributed by atoms with van der Waals surface area (Å²) < 4.78 is 0. The van der Waals surface area contributed by atoms with E-state index in [-0.39, 0.29) is 6.04 Å². The van der Waals surface area contributed by atoms with Crippen LogP contribution < -0.4 is 5.32 Å². The van der Waals surface area contributed by atoms with E-state index in [0.717, 1.165) is 18.7 Å². The Balaban J connectivity index is 2.15. The van der Waals surface area contributed by atoms with Gasteiger partial charge in [-0.3, -0.25) is 9.97 Å². The number of rotatable bonds is 5. The molecule has 0 aliphatic rings. The van der Waals surface area contributed by atoms with Crippen molar-refractivity contribution in [1.82, 2.24) is 15.3 Å². The summed E-state index contributed by atoms with van der Waals surface area (Å²) in [5.41, 5.74) is 2.20. The molecule has 2 heterocycles. The Hall–Kier alpha value is -1.45. The van der Waals surface area contributed by atoms with Gasteiger partial charge in [-0.15, -0.1) is 0 Å². The molecule has 4 heteroatoms. The van der Waals surface area contributed by atoms with Gasteiger partial charge in [-0.25, -0.2) is 0 Å². The molecule has 1 N–H and O–H groups in total. The lowest BCUT2D eigenvalue weighted by Gasteiger charge is -2.17. The van der Waals surface area contributed by atoms with Crippen molar-refractivity contribution in [3.8, 4) is 0 Å². The summed E-state index contributed by atoms with van der Waals surface area (Å²) in [6.45, 7) is 2.99. The smallest absolute Gasteiger partial charge is 0.0589 e. The molecular weight excluding hydrogens is 246 g/mol. The van der Waals surface area contributed by atoms with Crippen molar-refractivity contribution in [1.29, 1.82) is 0 Å². The molecule has 0 spiro atoms. The summed E-state index contributed by atoms with van der Waals surface area (Å²) in [6.07, 6.45) is 6.23. The lowest BCUT2D eigenvalue weighted by molar-refractivity contribution is 0.536. The minimum Gasteiger partial charge on any atom is -0.309 e. The normalized spacial score (nSPS) is 12.3. The molecule has 0 saturated carbocycles. The fourth-order valence-electron chi connectivity index (χ4n) is 1.88. The molecular formula is C14H16ClN3. The van der Waals surface area contributed by atoms with Crippen LogP contribution in [0.1, 0.15) is 24.2 Å². The van der Waals surface area contributed by atoms with E-state index in [4.69, 9.17) is 11.6 Å². The Kier molecular flexibility index (Phi) is 4.67. The van der Waals surface area contributed by atoms with Crippen LogP contribution in [-0.4, -0.2) is 16.5 Å². The van der Waals surface area contributed by atoms with Gasteiger partial charge in [0.2, 0.25) is 0 Å². The third-order valence-electron chi connectivity index (χ3n) is 2.72. The average Bonchev–Trinajstić information content (AvgIpc) is 2.40. The maximum atomic E-state index is 5.86. The highest BCUT2D eigenvalue weighted by Crippen LogP contribution is 2.17. The van der Waals surface area contributed by atoms with E-state index >= 15 is 0 Å². The Morgan fingerprint density at radius 1 is 1.28 bits per heavy atom. The second-order valence-corrected chi connectivity index (χ2v) is 4.51. The van der Waals surface area contributed by atoms with Crippen LogP contribution in [0.15, 0.2) is 42.9 Å². The summed E-state index contributed by atoms with van der Waals surface area (Å²) in [4.78, 5) is 8.51. The number of hydrogen-bond donors (Lipinski definition) is 1. The Bertz CT molecular complexity index is 470. The summed E-state index contributed by atoms with van der Waals surface area (Å²) in [5, 5.41) is 4.10. The van der Waals surface area contributed by atoms with Crippen LogP contribution in [0, 0.1) is 0 Å². The van der Waals surface area contributed by atoms with Gasteiger partial charge in [-0.2, -0.15) is 0 Å². The molecule has 0 amide bonds. The number of halogens is 1. The van der Waals surface area contributed by atoms with Crippen molar-refractivity contribution >= 4 is 11.6 Å². The highest BCUT2D eigenvalue weighted by Gasteiger charge is 2.12. The number of likely N-dealkylation sites (N-methyl/N-ethyl adjacent to an activating group) is 1. The molecule has 0 saturated heterocycles. The van der Waals surface area contributed by atoms with Crippen molar-refractivity contribution < 1.29 is 0 Å². The third-order valence-corrected chi connectivity index (χ3v) is 2.94. The summed E-state index contributed by atoms with van der Waals surface area (Å²) in [7, 11) is 0. The first-order valence-corrected chi connectivity index (χ1v) is 6.41. The quantitative estimate of drug-likeness (QED) is 0.899. The van der Waals surface area contributed by atoms with Crippen LogP contribution in [0.2, 0.25) is 5.02 Å². The molecule has 2 rings (SSSR count). The SMILES string of the molecule is CCNC(Cc1cccnc1)c1ccc(Cl)cn1. The first-order valence-electron chi connectivity index (χ1n) is 6.03. The monoisotopic (exact) mass is 261 g/mol. The summed E-state index contributed by atoms with van der Waals surface area (Å²) in [5.74, 6) is 0. The van der Waals surface area contributed by atoms with Crippen LogP contribution >= 0.6 is 11.6 Å². The van der Waals surface area contributed by atoms with Crippen LogP contribution in [0.5, 0.6) is 0 Å². The first kappa shape index (κ1) is 13.0. The second-order valence-electron chi connectivity index (χ2n) is 4.08. The molecule has 2 aromatic rings. The lowest BCUT2D eigenvalue weighted by atomic mass is 10.0. The summed E-state index contributed by atoms with van der Waals surface area (Å²) >= 11 is 5.86. The van der Waals surface area contributed by atoms with Gasteiger partial charge in [0.1, 0.15) is 0 Å². The molecule has 2 aromatic heterocycles. The Labute approximate surface area is 112 Å². The minimum atomic E-state index is 0.191. The van der Waals surface area contributed by atoms with Gasteiger partial charge in [-0.1, -0.05) is 24.6 Å². The van der Waals surface area contributed by atoms with E-state index in [0.29, 0.717) is 5.02 Å². The zero-order chi connectivity index (χ0) is 12.8. The molecule has 0 aliphatic heterocycles. The maximum absolute atomic E-state index is 5.86.